The highest BCUT2D eigenvalue weighted by molar-refractivity contribution is 5.93. The van der Waals surface area contributed by atoms with E-state index in [9.17, 15) is 20.1 Å². The van der Waals surface area contributed by atoms with Crippen LogP contribution in [0.5, 0.6) is 11.5 Å². The fourth-order valence-electron chi connectivity index (χ4n) is 3.43. The van der Waals surface area contributed by atoms with E-state index in [0.29, 0.717) is 12.1 Å². The first-order valence-electron chi connectivity index (χ1n) is 8.21. The van der Waals surface area contributed by atoms with Crippen molar-refractivity contribution in [2.45, 2.75) is 32.7 Å². The molecule has 0 aliphatic heterocycles. The third-order valence-corrected chi connectivity index (χ3v) is 4.36. The number of aromatic hydroxyl groups is 2. The van der Waals surface area contributed by atoms with Gasteiger partial charge in [0.1, 0.15) is 11.5 Å². The Balaban J connectivity index is 2.26. The van der Waals surface area contributed by atoms with E-state index in [2.05, 4.69) is 0 Å². The minimum atomic E-state index is -0.895. The fourth-order valence-corrected chi connectivity index (χ4v) is 3.43. The molecule has 0 amide bonds. The second kappa shape index (κ2) is 6.51. The molecule has 1 aromatic heterocycles. The molecule has 0 atom stereocenters. The van der Waals surface area contributed by atoms with Crippen LogP contribution in [-0.4, -0.2) is 25.9 Å². The second-order valence-electron chi connectivity index (χ2n) is 6.51. The molecule has 0 aliphatic carbocycles. The van der Waals surface area contributed by atoms with Crippen molar-refractivity contribution in [1.29, 1.82) is 0 Å². The van der Waals surface area contributed by atoms with Crippen LogP contribution in [0.25, 0.3) is 10.9 Å². The van der Waals surface area contributed by atoms with Crippen molar-refractivity contribution in [3.8, 4) is 11.5 Å². The Morgan fingerprint density at radius 2 is 1.76 bits per heavy atom. The summed E-state index contributed by atoms with van der Waals surface area (Å²) in [6.45, 7) is 4.52. The highest BCUT2D eigenvalue weighted by atomic mass is 16.4. The standard InChI is InChI=1S/C20H21NO4/c1-12(2)19-16(10-18(24)25)15-4-3-5-17(23)20(15)21(19)11-13-6-8-14(22)9-7-13/h3-9,12,22-23H,10-11H2,1-2H3,(H,24,25). The fraction of sp³-hybridized carbons (Fsp3) is 0.250. The van der Waals surface area contributed by atoms with Crippen molar-refractivity contribution in [2.75, 3.05) is 0 Å². The maximum atomic E-state index is 11.4. The van der Waals surface area contributed by atoms with Gasteiger partial charge < -0.3 is 19.9 Å². The van der Waals surface area contributed by atoms with E-state index in [4.69, 9.17) is 0 Å². The average Bonchev–Trinajstić information content (AvgIpc) is 2.84. The lowest BCUT2D eigenvalue weighted by molar-refractivity contribution is -0.136. The van der Waals surface area contributed by atoms with Gasteiger partial charge in [0.25, 0.3) is 0 Å². The molecular weight excluding hydrogens is 318 g/mol. The van der Waals surface area contributed by atoms with Crippen LogP contribution in [0.4, 0.5) is 0 Å². The highest BCUT2D eigenvalue weighted by Gasteiger charge is 2.23. The number of benzene rings is 2. The van der Waals surface area contributed by atoms with E-state index in [-0.39, 0.29) is 23.8 Å². The van der Waals surface area contributed by atoms with Crippen LogP contribution in [0, 0.1) is 0 Å². The number of aliphatic carboxylic acids is 1. The molecule has 3 aromatic rings. The first-order valence-corrected chi connectivity index (χ1v) is 8.21. The number of hydrogen-bond donors (Lipinski definition) is 3. The summed E-state index contributed by atoms with van der Waals surface area (Å²) in [4.78, 5) is 11.4. The topological polar surface area (TPSA) is 82.7 Å². The zero-order valence-electron chi connectivity index (χ0n) is 14.2. The van der Waals surface area contributed by atoms with E-state index in [0.717, 1.165) is 22.2 Å². The number of carboxylic acids is 1. The van der Waals surface area contributed by atoms with Gasteiger partial charge in [-0.1, -0.05) is 38.1 Å². The van der Waals surface area contributed by atoms with Gasteiger partial charge in [0.2, 0.25) is 0 Å². The molecule has 0 bridgehead atoms. The minimum absolute atomic E-state index is 0.0873. The van der Waals surface area contributed by atoms with Crippen LogP contribution >= 0.6 is 0 Å². The molecule has 130 valence electrons. The molecule has 0 unspecified atom stereocenters. The highest BCUT2D eigenvalue weighted by Crippen LogP contribution is 2.36. The van der Waals surface area contributed by atoms with Gasteiger partial charge in [-0.2, -0.15) is 0 Å². The molecule has 0 fully saturated rings. The number of aromatic nitrogens is 1. The summed E-state index contributed by atoms with van der Waals surface area (Å²) in [5.41, 5.74) is 3.26. The average molecular weight is 339 g/mol. The maximum Gasteiger partial charge on any atom is 0.307 e. The Morgan fingerprint density at radius 3 is 2.36 bits per heavy atom. The van der Waals surface area contributed by atoms with Crippen LogP contribution in [0.3, 0.4) is 0 Å². The lowest BCUT2D eigenvalue weighted by Crippen LogP contribution is -2.09. The van der Waals surface area contributed by atoms with Gasteiger partial charge in [-0.3, -0.25) is 4.79 Å². The van der Waals surface area contributed by atoms with Crippen LogP contribution in [0.1, 0.15) is 36.6 Å². The monoisotopic (exact) mass is 339 g/mol. The van der Waals surface area contributed by atoms with Crippen LogP contribution in [-0.2, 0) is 17.8 Å². The second-order valence-corrected chi connectivity index (χ2v) is 6.51. The zero-order valence-corrected chi connectivity index (χ0v) is 14.2. The van der Waals surface area contributed by atoms with E-state index in [1.54, 1.807) is 24.3 Å². The van der Waals surface area contributed by atoms with Gasteiger partial charge in [-0.05, 0) is 35.2 Å². The number of para-hydroxylation sites is 1. The molecule has 0 aliphatic rings. The van der Waals surface area contributed by atoms with Crippen molar-refractivity contribution in [3.05, 3.63) is 59.3 Å². The quantitative estimate of drug-likeness (QED) is 0.659. The predicted octanol–water partition coefficient (Wildman–Crippen LogP) is 3.85. The van der Waals surface area contributed by atoms with Crippen molar-refractivity contribution >= 4 is 16.9 Å². The number of fused-ring (bicyclic) bond motifs is 1. The first kappa shape index (κ1) is 16.9. The zero-order chi connectivity index (χ0) is 18.1. The molecule has 0 spiro atoms. The lowest BCUT2D eigenvalue weighted by Gasteiger charge is -2.15. The maximum absolute atomic E-state index is 11.4. The van der Waals surface area contributed by atoms with Gasteiger partial charge >= 0.3 is 5.97 Å². The van der Waals surface area contributed by atoms with Gasteiger partial charge in [0.15, 0.2) is 0 Å². The summed E-state index contributed by atoms with van der Waals surface area (Å²) in [6, 6.07) is 12.1. The van der Waals surface area contributed by atoms with E-state index >= 15 is 0 Å². The Morgan fingerprint density at radius 1 is 1.08 bits per heavy atom. The summed E-state index contributed by atoms with van der Waals surface area (Å²) >= 11 is 0. The predicted molar refractivity (Wildman–Crippen MR) is 96.2 cm³/mol. The molecule has 0 saturated heterocycles. The number of carboxylic acid groups (broad SMARTS) is 1. The van der Waals surface area contributed by atoms with Crippen molar-refractivity contribution in [1.82, 2.24) is 4.57 Å². The van der Waals surface area contributed by atoms with Crippen LogP contribution in [0.2, 0.25) is 0 Å². The molecule has 3 rings (SSSR count). The molecule has 0 radical (unpaired) electrons. The summed E-state index contributed by atoms with van der Waals surface area (Å²) in [7, 11) is 0. The summed E-state index contributed by atoms with van der Waals surface area (Å²) in [5, 5.41) is 30.0. The number of rotatable bonds is 5. The molecular formula is C20H21NO4. The van der Waals surface area contributed by atoms with Gasteiger partial charge in [0, 0.05) is 17.6 Å². The van der Waals surface area contributed by atoms with E-state index < -0.39 is 5.97 Å². The summed E-state index contributed by atoms with van der Waals surface area (Å²) in [5.74, 6) is -0.471. The minimum Gasteiger partial charge on any atom is -0.508 e. The van der Waals surface area contributed by atoms with Crippen LogP contribution < -0.4 is 0 Å². The Labute approximate surface area is 145 Å². The summed E-state index contributed by atoms with van der Waals surface area (Å²) < 4.78 is 1.99. The molecule has 1 heterocycles. The third kappa shape index (κ3) is 3.18. The van der Waals surface area contributed by atoms with E-state index in [1.807, 2.05) is 36.6 Å². The van der Waals surface area contributed by atoms with Crippen molar-refractivity contribution in [3.63, 3.8) is 0 Å². The summed E-state index contributed by atoms with van der Waals surface area (Å²) in [6.07, 6.45) is -0.0873. The molecule has 25 heavy (non-hydrogen) atoms. The molecule has 3 N–H and O–H groups in total. The van der Waals surface area contributed by atoms with Crippen LogP contribution in [0.15, 0.2) is 42.5 Å². The van der Waals surface area contributed by atoms with Gasteiger partial charge in [-0.15, -0.1) is 0 Å². The van der Waals surface area contributed by atoms with Crippen molar-refractivity contribution < 1.29 is 20.1 Å². The molecule has 5 nitrogen and oxygen atoms in total. The number of phenolic OH excluding ortho intramolecular Hbond substituents is 2. The molecule has 2 aromatic carbocycles. The Bertz CT molecular complexity index is 923. The number of carbonyl (C=O) groups is 1. The van der Waals surface area contributed by atoms with Crippen molar-refractivity contribution in [2.24, 2.45) is 0 Å². The van der Waals surface area contributed by atoms with Gasteiger partial charge in [0.05, 0.1) is 11.9 Å². The third-order valence-electron chi connectivity index (χ3n) is 4.36. The SMILES string of the molecule is CC(C)c1c(CC(=O)O)c2cccc(O)c2n1Cc1ccc(O)cc1. The molecule has 0 saturated carbocycles. The number of phenols is 2. The van der Waals surface area contributed by atoms with Gasteiger partial charge in [-0.25, -0.2) is 0 Å². The smallest absolute Gasteiger partial charge is 0.307 e. The normalized spacial score (nSPS) is 11.3. The molecule has 5 heteroatoms. The van der Waals surface area contributed by atoms with E-state index in [1.165, 1.54) is 0 Å². The number of nitrogens with zero attached hydrogens (tertiary/aromatic N) is 1. The Hall–Kier alpha value is -2.95. The lowest BCUT2D eigenvalue weighted by atomic mass is 10.0. The Kier molecular flexibility index (Phi) is 4.40. The largest absolute Gasteiger partial charge is 0.508 e. The first-order chi connectivity index (χ1) is 11.9. The number of hydrogen-bond acceptors (Lipinski definition) is 3.